The number of ether oxygens (including phenoxy) is 2. The Kier molecular flexibility index (Phi) is 6.32. The molecule has 1 rings (SSSR count). The second-order valence-electron chi connectivity index (χ2n) is 4.28. The van der Waals surface area contributed by atoms with Crippen LogP contribution in [0, 0.1) is 0 Å². The summed E-state index contributed by atoms with van der Waals surface area (Å²) in [5, 5.41) is 37.6. The van der Waals surface area contributed by atoms with Crippen molar-refractivity contribution < 1.29 is 29.9 Å². The van der Waals surface area contributed by atoms with Gasteiger partial charge in [0.15, 0.2) is 6.29 Å². The predicted octanol–water partition coefficient (Wildman–Crippen LogP) is -1.01. The van der Waals surface area contributed by atoms with Gasteiger partial charge in [0.1, 0.15) is 24.4 Å². The Morgan fingerprint density at radius 3 is 2.35 bits per heavy atom. The van der Waals surface area contributed by atoms with Gasteiger partial charge in [0.05, 0.1) is 6.61 Å². The van der Waals surface area contributed by atoms with Gasteiger partial charge >= 0.3 is 0 Å². The maximum atomic E-state index is 9.64. The molecular weight excluding hydrogens is 228 g/mol. The average Bonchev–Trinajstić information content (AvgIpc) is 2.34. The van der Waals surface area contributed by atoms with Gasteiger partial charge in [0, 0.05) is 6.61 Å². The maximum Gasteiger partial charge on any atom is 0.186 e. The van der Waals surface area contributed by atoms with E-state index in [-0.39, 0.29) is 0 Å². The Balaban J connectivity index is 2.42. The molecule has 1 heterocycles. The lowest BCUT2D eigenvalue weighted by molar-refractivity contribution is -0.301. The van der Waals surface area contributed by atoms with Crippen LogP contribution in [0.5, 0.6) is 0 Å². The first-order valence-corrected chi connectivity index (χ1v) is 6.04. The molecule has 0 aliphatic carbocycles. The molecule has 0 unspecified atom stereocenters. The Morgan fingerprint density at radius 2 is 1.76 bits per heavy atom. The second kappa shape index (κ2) is 7.25. The van der Waals surface area contributed by atoms with Crippen molar-refractivity contribution in [2.75, 3.05) is 13.2 Å². The molecule has 17 heavy (non-hydrogen) atoms. The third-order valence-electron chi connectivity index (χ3n) is 2.88. The predicted molar refractivity (Wildman–Crippen MR) is 59.2 cm³/mol. The molecule has 0 aromatic heterocycles. The summed E-state index contributed by atoms with van der Waals surface area (Å²) in [6, 6.07) is 0. The summed E-state index contributed by atoms with van der Waals surface area (Å²) >= 11 is 0. The van der Waals surface area contributed by atoms with Crippen molar-refractivity contribution >= 4 is 0 Å². The van der Waals surface area contributed by atoms with Crippen molar-refractivity contribution in [2.24, 2.45) is 0 Å². The Bertz CT molecular complexity index is 210. The summed E-state index contributed by atoms with van der Waals surface area (Å²) < 4.78 is 10.5. The third kappa shape index (κ3) is 3.87. The fraction of sp³-hybridized carbons (Fsp3) is 1.00. The quantitative estimate of drug-likeness (QED) is 0.451. The van der Waals surface area contributed by atoms with E-state index in [0.29, 0.717) is 6.61 Å². The minimum Gasteiger partial charge on any atom is -0.394 e. The first-order valence-electron chi connectivity index (χ1n) is 6.04. The number of hydrogen-bond donors (Lipinski definition) is 4. The number of hydrogen-bond acceptors (Lipinski definition) is 6. The molecule has 1 fully saturated rings. The van der Waals surface area contributed by atoms with Crippen LogP contribution in [0.2, 0.25) is 0 Å². The van der Waals surface area contributed by atoms with Crippen LogP contribution in [0.1, 0.15) is 26.2 Å². The molecule has 1 aliphatic heterocycles. The highest BCUT2D eigenvalue weighted by molar-refractivity contribution is 4.88. The van der Waals surface area contributed by atoms with Gasteiger partial charge in [-0.25, -0.2) is 0 Å². The van der Waals surface area contributed by atoms with E-state index in [0.717, 1.165) is 19.3 Å². The molecule has 0 radical (unpaired) electrons. The van der Waals surface area contributed by atoms with Crippen LogP contribution < -0.4 is 0 Å². The first-order chi connectivity index (χ1) is 8.11. The summed E-state index contributed by atoms with van der Waals surface area (Å²) in [5.41, 5.74) is 0. The molecule has 6 heteroatoms. The van der Waals surface area contributed by atoms with Crippen molar-refractivity contribution in [1.29, 1.82) is 0 Å². The van der Waals surface area contributed by atoms with Crippen LogP contribution in [0.3, 0.4) is 0 Å². The average molecular weight is 250 g/mol. The van der Waals surface area contributed by atoms with Crippen molar-refractivity contribution in [2.45, 2.75) is 56.9 Å². The minimum absolute atomic E-state index is 0.413. The van der Waals surface area contributed by atoms with E-state index >= 15 is 0 Å². The molecule has 0 spiro atoms. The summed E-state index contributed by atoms with van der Waals surface area (Å²) in [4.78, 5) is 0. The van der Waals surface area contributed by atoms with Crippen molar-refractivity contribution in [3.63, 3.8) is 0 Å². The Labute approximate surface area is 101 Å². The molecule has 1 saturated heterocycles. The van der Waals surface area contributed by atoms with Crippen LogP contribution in [0.4, 0.5) is 0 Å². The molecule has 0 amide bonds. The SMILES string of the molecule is CCCCCO[C@@H]1O[C@H](CO)[C@H](O)[C@H](O)[C@H]1O. The Hall–Kier alpha value is -0.240. The van der Waals surface area contributed by atoms with Crippen molar-refractivity contribution in [1.82, 2.24) is 0 Å². The van der Waals surface area contributed by atoms with E-state index in [9.17, 15) is 15.3 Å². The Morgan fingerprint density at radius 1 is 1.06 bits per heavy atom. The molecule has 4 N–H and O–H groups in total. The van der Waals surface area contributed by atoms with Gasteiger partial charge in [-0.2, -0.15) is 0 Å². The van der Waals surface area contributed by atoms with Gasteiger partial charge in [-0.3, -0.25) is 0 Å². The van der Waals surface area contributed by atoms with Crippen LogP contribution >= 0.6 is 0 Å². The van der Waals surface area contributed by atoms with Gasteiger partial charge in [-0.1, -0.05) is 19.8 Å². The molecule has 0 aromatic carbocycles. The van der Waals surface area contributed by atoms with Gasteiger partial charge in [0.2, 0.25) is 0 Å². The third-order valence-corrected chi connectivity index (χ3v) is 2.88. The van der Waals surface area contributed by atoms with E-state index in [1.807, 2.05) is 0 Å². The topological polar surface area (TPSA) is 99.4 Å². The summed E-state index contributed by atoms with van der Waals surface area (Å²) in [6.45, 7) is 2.05. The lowest BCUT2D eigenvalue weighted by Crippen LogP contribution is -2.59. The van der Waals surface area contributed by atoms with Gasteiger partial charge < -0.3 is 29.9 Å². The van der Waals surface area contributed by atoms with Gasteiger partial charge in [-0.05, 0) is 6.42 Å². The van der Waals surface area contributed by atoms with Crippen LogP contribution in [0.15, 0.2) is 0 Å². The first kappa shape index (κ1) is 14.8. The van der Waals surface area contributed by atoms with Crippen LogP contribution in [0.25, 0.3) is 0 Å². The van der Waals surface area contributed by atoms with E-state index < -0.39 is 37.3 Å². The fourth-order valence-corrected chi connectivity index (χ4v) is 1.76. The smallest absolute Gasteiger partial charge is 0.186 e. The lowest BCUT2D eigenvalue weighted by atomic mass is 9.99. The summed E-state index contributed by atoms with van der Waals surface area (Å²) in [5.74, 6) is 0. The number of aliphatic hydroxyl groups is 4. The van der Waals surface area contributed by atoms with Crippen molar-refractivity contribution in [3.05, 3.63) is 0 Å². The number of rotatable bonds is 6. The van der Waals surface area contributed by atoms with E-state index in [1.54, 1.807) is 0 Å². The summed E-state index contributed by atoms with van der Waals surface area (Å²) in [6.07, 6.45) is -2.98. The zero-order chi connectivity index (χ0) is 12.8. The molecule has 6 nitrogen and oxygen atoms in total. The highest BCUT2D eigenvalue weighted by Crippen LogP contribution is 2.22. The molecule has 0 aromatic rings. The van der Waals surface area contributed by atoms with Gasteiger partial charge in [-0.15, -0.1) is 0 Å². The molecule has 1 aliphatic rings. The highest BCUT2D eigenvalue weighted by Gasteiger charge is 2.43. The molecule has 102 valence electrons. The van der Waals surface area contributed by atoms with E-state index in [2.05, 4.69) is 6.92 Å². The normalized spacial score (nSPS) is 38.3. The van der Waals surface area contributed by atoms with E-state index in [1.165, 1.54) is 0 Å². The van der Waals surface area contributed by atoms with Crippen LogP contribution in [-0.2, 0) is 9.47 Å². The largest absolute Gasteiger partial charge is 0.394 e. The number of aliphatic hydroxyl groups excluding tert-OH is 4. The molecule has 0 saturated carbocycles. The van der Waals surface area contributed by atoms with Gasteiger partial charge in [0.25, 0.3) is 0 Å². The fourth-order valence-electron chi connectivity index (χ4n) is 1.76. The van der Waals surface area contributed by atoms with Crippen LogP contribution in [-0.4, -0.2) is 64.3 Å². The monoisotopic (exact) mass is 250 g/mol. The number of unbranched alkanes of at least 4 members (excludes halogenated alkanes) is 2. The maximum absolute atomic E-state index is 9.64. The zero-order valence-electron chi connectivity index (χ0n) is 10.0. The van der Waals surface area contributed by atoms with Crippen molar-refractivity contribution in [3.8, 4) is 0 Å². The molecule has 5 atom stereocenters. The zero-order valence-corrected chi connectivity index (χ0v) is 10.0. The van der Waals surface area contributed by atoms with E-state index in [4.69, 9.17) is 14.6 Å². The highest BCUT2D eigenvalue weighted by atomic mass is 16.7. The summed E-state index contributed by atoms with van der Waals surface area (Å²) in [7, 11) is 0. The standard InChI is InChI=1S/C11H22O6/c1-2-3-4-5-16-11-10(15)9(14)8(13)7(6-12)17-11/h7-15H,2-6H2,1H3/t7-,8+,9+,10-,11-/m1/s1. The minimum atomic E-state index is -1.36. The molecular formula is C11H22O6. The second-order valence-corrected chi connectivity index (χ2v) is 4.28. The lowest BCUT2D eigenvalue weighted by Gasteiger charge is -2.39. The molecule has 0 bridgehead atoms.